The number of rotatable bonds is 3. The fraction of sp³-hybridized carbons (Fsp3) is 0.417. The first-order valence-electron chi connectivity index (χ1n) is 10.8. The molecule has 0 aliphatic heterocycles. The van der Waals surface area contributed by atoms with Crippen LogP contribution in [0.15, 0.2) is 36.4 Å². The van der Waals surface area contributed by atoms with Crippen LogP contribution in [-0.4, -0.2) is 22.4 Å². The summed E-state index contributed by atoms with van der Waals surface area (Å²) in [7, 11) is 0. The van der Waals surface area contributed by atoms with Gasteiger partial charge in [-0.15, -0.1) is 0 Å². The second kappa shape index (κ2) is 8.39. The molecule has 0 unspecified atom stereocenters. The highest BCUT2D eigenvalue weighted by Gasteiger charge is 2.55. The molecule has 1 N–H and O–H groups in total. The second-order valence-corrected chi connectivity index (χ2v) is 11.1. The van der Waals surface area contributed by atoms with Gasteiger partial charge in [-0.05, 0) is 92.7 Å². The predicted molar refractivity (Wildman–Crippen MR) is 127 cm³/mol. The Kier molecular flexibility index (Phi) is 5.86. The Bertz CT molecular complexity index is 1070. The third kappa shape index (κ3) is 4.00. The van der Waals surface area contributed by atoms with Crippen LogP contribution < -0.4 is 5.43 Å². The summed E-state index contributed by atoms with van der Waals surface area (Å²) in [6.07, 6.45) is 6.34. The van der Waals surface area contributed by atoms with E-state index in [1.807, 2.05) is 0 Å². The molecular weight excluding hydrogens is 490 g/mol. The Hall–Kier alpha value is -1.46. The monoisotopic (exact) mass is 510 g/mol. The number of halogens is 4. The van der Waals surface area contributed by atoms with Crippen LogP contribution in [0.25, 0.3) is 0 Å². The summed E-state index contributed by atoms with van der Waals surface area (Å²) >= 11 is 24.4. The van der Waals surface area contributed by atoms with Gasteiger partial charge in [-0.1, -0.05) is 46.4 Å². The first-order chi connectivity index (χ1) is 15.2. The van der Waals surface area contributed by atoms with Crippen molar-refractivity contribution in [1.29, 1.82) is 0 Å². The van der Waals surface area contributed by atoms with Crippen molar-refractivity contribution < 1.29 is 9.59 Å². The SMILES string of the molecule is O=C(NN(C(=O)c1ccc(Cl)c(Cl)c1)C12CC3CC(CC(C3)C1)C2)c1ccc(Cl)c(Cl)c1. The van der Waals surface area contributed by atoms with Gasteiger partial charge in [0.05, 0.1) is 25.6 Å². The van der Waals surface area contributed by atoms with Gasteiger partial charge in [-0.2, -0.15) is 0 Å². The van der Waals surface area contributed by atoms with Crippen molar-refractivity contribution in [2.24, 2.45) is 17.8 Å². The molecule has 2 aromatic rings. The fourth-order valence-electron chi connectivity index (χ4n) is 6.29. The molecule has 168 valence electrons. The van der Waals surface area contributed by atoms with Crippen molar-refractivity contribution in [3.63, 3.8) is 0 Å². The van der Waals surface area contributed by atoms with Crippen molar-refractivity contribution in [2.45, 2.75) is 44.1 Å². The highest BCUT2D eigenvalue weighted by atomic mass is 35.5. The van der Waals surface area contributed by atoms with Crippen molar-refractivity contribution >= 4 is 58.2 Å². The molecule has 4 bridgehead atoms. The molecule has 4 fully saturated rings. The number of hydrogen-bond donors (Lipinski definition) is 1. The number of benzene rings is 2. The van der Waals surface area contributed by atoms with Crippen molar-refractivity contribution in [3.05, 3.63) is 67.6 Å². The number of nitrogens with one attached hydrogen (secondary N) is 1. The lowest BCUT2D eigenvalue weighted by Gasteiger charge is -2.59. The van der Waals surface area contributed by atoms with Crippen LogP contribution in [0.1, 0.15) is 59.2 Å². The number of amides is 2. The summed E-state index contributed by atoms with van der Waals surface area (Å²) in [6.45, 7) is 0. The Morgan fingerprint density at radius 3 is 1.72 bits per heavy atom. The molecule has 4 aliphatic rings. The van der Waals surface area contributed by atoms with Crippen molar-refractivity contribution in [2.75, 3.05) is 0 Å². The Balaban J connectivity index is 1.51. The highest BCUT2D eigenvalue weighted by molar-refractivity contribution is 6.42. The summed E-state index contributed by atoms with van der Waals surface area (Å²) in [5, 5.41) is 2.93. The quantitative estimate of drug-likeness (QED) is 0.448. The highest BCUT2D eigenvalue weighted by Crippen LogP contribution is 2.57. The van der Waals surface area contributed by atoms with Gasteiger partial charge < -0.3 is 0 Å². The minimum absolute atomic E-state index is 0.279. The van der Waals surface area contributed by atoms with Gasteiger partial charge in [0, 0.05) is 11.1 Å². The van der Waals surface area contributed by atoms with Crippen LogP contribution in [-0.2, 0) is 0 Å². The zero-order valence-corrected chi connectivity index (χ0v) is 20.2. The van der Waals surface area contributed by atoms with Crippen molar-refractivity contribution in [3.8, 4) is 0 Å². The molecular formula is C24H22Cl4N2O2. The molecule has 4 saturated carbocycles. The lowest BCUT2D eigenvalue weighted by Crippen LogP contribution is -2.66. The first-order valence-corrected chi connectivity index (χ1v) is 12.3. The molecule has 4 nitrogen and oxygen atoms in total. The normalized spacial score (nSPS) is 27.9. The number of hydrazine groups is 1. The first kappa shape index (κ1) is 22.3. The molecule has 2 aromatic carbocycles. The average Bonchev–Trinajstić information content (AvgIpc) is 2.74. The molecule has 0 radical (unpaired) electrons. The number of carbonyl (C=O) groups excluding carboxylic acids is 2. The topological polar surface area (TPSA) is 49.4 Å². The summed E-state index contributed by atoms with van der Waals surface area (Å²) in [5.74, 6) is 1.10. The lowest BCUT2D eigenvalue weighted by atomic mass is 9.52. The van der Waals surface area contributed by atoms with E-state index in [9.17, 15) is 9.59 Å². The third-order valence-electron chi connectivity index (χ3n) is 7.25. The van der Waals surface area contributed by atoms with E-state index in [0.29, 0.717) is 43.9 Å². The molecule has 2 amide bonds. The van der Waals surface area contributed by atoms with Crippen LogP contribution in [0, 0.1) is 17.8 Å². The minimum atomic E-state index is -0.399. The van der Waals surface area contributed by atoms with Gasteiger partial charge >= 0.3 is 0 Å². The molecule has 0 atom stereocenters. The minimum Gasteiger partial charge on any atom is -0.267 e. The van der Waals surface area contributed by atoms with E-state index >= 15 is 0 Å². The molecule has 0 aromatic heterocycles. The van der Waals surface area contributed by atoms with E-state index in [-0.39, 0.29) is 10.9 Å². The van der Waals surface area contributed by atoms with Crippen LogP contribution in [0.5, 0.6) is 0 Å². The van der Waals surface area contributed by atoms with Gasteiger partial charge in [0.15, 0.2) is 0 Å². The Morgan fingerprint density at radius 1 is 0.750 bits per heavy atom. The maximum atomic E-state index is 13.8. The van der Waals surface area contributed by atoms with Crippen LogP contribution in [0.3, 0.4) is 0 Å². The third-order valence-corrected chi connectivity index (χ3v) is 8.72. The molecule has 0 heterocycles. The number of hydrogen-bond acceptors (Lipinski definition) is 2. The van der Waals surface area contributed by atoms with E-state index in [1.165, 1.54) is 25.3 Å². The van der Waals surface area contributed by atoms with Gasteiger partial charge in [0.25, 0.3) is 11.8 Å². The zero-order chi connectivity index (χ0) is 22.6. The summed E-state index contributed by atoms with van der Waals surface area (Å²) in [4.78, 5) is 27.0. The van der Waals surface area contributed by atoms with E-state index in [1.54, 1.807) is 35.3 Å². The maximum absolute atomic E-state index is 13.8. The average molecular weight is 512 g/mol. The summed E-state index contributed by atoms with van der Waals surface area (Å²) in [5.41, 5.74) is 3.27. The Labute approximate surface area is 207 Å². The molecule has 32 heavy (non-hydrogen) atoms. The molecule has 4 aliphatic carbocycles. The second-order valence-electron chi connectivity index (χ2n) is 9.48. The lowest BCUT2D eigenvalue weighted by molar-refractivity contribution is -0.0875. The Morgan fingerprint density at radius 2 is 1.22 bits per heavy atom. The number of nitrogens with zero attached hydrogens (tertiary/aromatic N) is 1. The largest absolute Gasteiger partial charge is 0.272 e. The van der Waals surface area contributed by atoms with Gasteiger partial charge in [-0.3, -0.25) is 15.0 Å². The van der Waals surface area contributed by atoms with E-state index in [4.69, 9.17) is 46.4 Å². The van der Waals surface area contributed by atoms with Crippen molar-refractivity contribution in [1.82, 2.24) is 10.4 Å². The van der Waals surface area contributed by atoms with Gasteiger partial charge in [0.2, 0.25) is 0 Å². The van der Waals surface area contributed by atoms with E-state index in [0.717, 1.165) is 19.3 Å². The van der Waals surface area contributed by atoms with Gasteiger partial charge in [0.1, 0.15) is 0 Å². The maximum Gasteiger partial charge on any atom is 0.272 e. The number of carbonyl (C=O) groups is 2. The summed E-state index contributed by atoms with van der Waals surface area (Å²) in [6, 6.07) is 9.51. The van der Waals surface area contributed by atoms with E-state index < -0.39 is 11.4 Å². The van der Waals surface area contributed by atoms with Gasteiger partial charge in [-0.25, -0.2) is 5.01 Å². The summed E-state index contributed by atoms with van der Waals surface area (Å²) < 4.78 is 0. The van der Waals surface area contributed by atoms with Crippen LogP contribution in [0.4, 0.5) is 0 Å². The standard InChI is InChI=1S/C24H22Cl4N2O2/c25-18-3-1-16(8-20(18)27)22(31)29-30(23(32)17-2-4-19(26)21(28)9-17)24-10-13-5-14(11-24)7-15(6-13)12-24/h1-4,8-9,13-15H,5-7,10-12H2,(H,29,31). The molecule has 0 saturated heterocycles. The fourth-order valence-corrected chi connectivity index (χ4v) is 6.88. The molecule has 6 rings (SSSR count). The molecule has 0 spiro atoms. The van der Waals surface area contributed by atoms with E-state index in [2.05, 4.69) is 5.43 Å². The van der Waals surface area contributed by atoms with Crippen LogP contribution in [0.2, 0.25) is 20.1 Å². The predicted octanol–water partition coefficient (Wildman–Crippen LogP) is 7.06. The molecule has 8 heteroatoms. The van der Waals surface area contributed by atoms with Crippen LogP contribution >= 0.6 is 46.4 Å². The zero-order valence-electron chi connectivity index (χ0n) is 17.2. The smallest absolute Gasteiger partial charge is 0.267 e.